The van der Waals surface area contributed by atoms with Crippen molar-refractivity contribution in [1.29, 1.82) is 0 Å². The number of fused-ring (bicyclic) bond motifs is 1. The maximum atomic E-state index is 12.9. The summed E-state index contributed by atoms with van der Waals surface area (Å²) in [6.45, 7) is 4.50. The molecule has 0 fully saturated rings. The largest absolute Gasteiger partial charge is 0.361 e. The first-order valence-electron chi connectivity index (χ1n) is 10.1. The third-order valence-electron chi connectivity index (χ3n) is 4.87. The van der Waals surface area contributed by atoms with E-state index in [1.54, 1.807) is 0 Å². The minimum Gasteiger partial charge on any atom is -0.361 e. The Hall–Kier alpha value is -3.21. The van der Waals surface area contributed by atoms with Gasteiger partial charge in [0.05, 0.1) is 12.1 Å². The molecule has 0 amide bonds. The van der Waals surface area contributed by atoms with Crippen LogP contribution >= 0.6 is 11.6 Å². The first-order valence-corrected chi connectivity index (χ1v) is 10.5. The summed E-state index contributed by atoms with van der Waals surface area (Å²) in [6, 6.07) is 1.81. The lowest BCUT2D eigenvalue weighted by molar-refractivity contribution is 0.366. The lowest BCUT2D eigenvalue weighted by Crippen LogP contribution is -2.40. The van der Waals surface area contributed by atoms with Gasteiger partial charge in [-0.15, -0.1) is 0 Å². The number of unbranched alkanes of at least 4 members (excludes halogenated alkanes) is 1. The number of imidazole rings is 1. The second-order valence-electron chi connectivity index (χ2n) is 7.28. The molecule has 0 spiro atoms. The number of H-pyrrole nitrogens is 1. The zero-order valence-corrected chi connectivity index (χ0v) is 18.0. The van der Waals surface area contributed by atoms with Crippen molar-refractivity contribution in [3.63, 3.8) is 0 Å². The molecule has 4 rings (SSSR count). The molecule has 11 nitrogen and oxygen atoms in total. The molecule has 0 atom stereocenters. The van der Waals surface area contributed by atoms with Crippen LogP contribution in [-0.2, 0) is 25.9 Å². The third-order valence-corrected chi connectivity index (χ3v) is 5.05. The molecular weight excluding hydrogens is 426 g/mol. The molecule has 0 radical (unpaired) electrons. The van der Waals surface area contributed by atoms with Gasteiger partial charge in [0.25, 0.3) is 5.56 Å². The molecular formula is C19H22ClN7O4. The van der Waals surface area contributed by atoms with E-state index in [1.165, 1.54) is 9.13 Å². The monoisotopic (exact) mass is 447 g/mol. The van der Waals surface area contributed by atoms with Crippen molar-refractivity contribution in [1.82, 2.24) is 34.4 Å². The van der Waals surface area contributed by atoms with Crippen molar-refractivity contribution in [2.75, 3.05) is 0 Å². The molecule has 0 saturated carbocycles. The Morgan fingerprint density at radius 1 is 1.10 bits per heavy atom. The number of nitrogens with one attached hydrogen (secondary N) is 1. The highest BCUT2D eigenvalue weighted by molar-refractivity contribution is 6.28. The van der Waals surface area contributed by atoms with Crippen molar-refractivity contribution >= 4 is 22.8 Å². The maximum absolute atomic E-state index is 12.9. The molecule has 0 saturated heterocycles. The van der Waals surface area contributed by atoms with E-state index < -0.39 is 11.2 Å². The van der Waals surface area contributed by atoms with Gasteiger partial charge in [0.1, 0.15) is 5.76 Å². The van der Waals surface area contributed by atoms with Crippen molar-refractivity contribution in [2.24, 2.45) is 0 Å². The van der Waals surface area contributed by atoms with Crippen LogP contribution in [0.5, 0.6) is 0 Å². The summed E-state index contributed by atoms with van der Waals surface area (Å²) >= 11 is 5.94. The van der Waals surface area contributed by atoms with E-state index in [4.69, 9.17) is 20.6 Å². The molecule has 1 N–H and O–H groups in total. The first-order chi connectivity index (χ1) is 15.0. The summed E-state index contributed by atoms with van der Waals surface area (Å²) in [5.41, 5.74) is 0.384. The summed E-state index contributed by atoms with van der Waals surface area (Å²) in [5.74, 6) is 1.64. The number of nitrogens with zero attached hydrogens (tertiary/aromatic N) is 6. The van der Waals surface area contributed by atoms with Gasteiger partial charge in [-0.3, -0.25) is 13.9 Å². The molecule has 0 aliphatic heterocycles. The average molecular weight is 448 g/mol. The zero-order valence-electron chi connectivity index (χ0n) is 17.2. The van der Waals surface area contributed by atoms with Gasteiger partial charge in [0, 0.05) is 25.6 Å². The topological polar surface area (TPSA) is 138 Å². The summed E-state index contributed by atoms with van der Waals surface area (Å²) in [6.07, 6.45) is 2.99. The minimum atomic E-state index is -0.445. The van der Waals surface area contributed by atoms with E-state index in [0.717, 1.165) is 18.5 Å². The average Bonchev–Trinajstić information content (AvgIpc) is 3.45. The molecule has 0 bridgehead atoms. The van der Waals surface area contributed by atoms with Crippen LogP contribution in [0.1, 0.15) is 49.4 Å². The molecule has 4 aromatic rings. The highest BCUT2D eigenvalue weighted by atomic mass is 35.5. The number of rotatable bonds is 9. The Balaban J connectivity index is 1.49. The van der Waals surface area contributed by atoms with Gasteiger partial charge in [-0.1, -0.05) is 23.7 Å². The van der Waals surface area contributed by atoms with Gasteiger partial charge in [-0.25, -0.2) is 4.79 Å². The van der Waals surface area contributed by atoms with Crippen LogP contribution in [0.15, 0.2) is 24.7 Å². The molecule has 0 aliphatic carbocycles. The number of hydrogen-bond donors (Lipinski definition) is 1. The maximum Gasteiger partial charge on any atom is 0.332 e. The Morgan fingerprint density at radius 2 is 1.90 bits per heavy atom. The summed E-state index contributed by atoms with van der Waals surface area (Å²) in [5, 5.41) is 7.93. The van der Waals surface area contributed by atoms with Gasteiger partial charge in [-0.05, 0) is 31.4 Å². The number of aryl methyl sites for hydroxylation is 3. The molecule has 164 valence electrons. The van der Waals surface area contributed by atoms with E-state index in [2.05, 4.69) is 25.3 Å². The van der Waals surface area contributed by atoms with Gasteiger partial charge in [0.15, 0.2) is 17.0 Å². The molecule has 4 aromatic heterocycles. The summed E-state index contributed by atoms with van der Waals surface area (Å²) in [7, 11) is 0. The van der Waals surface area contributed by atoms with E-state index >= 15 is 0 Å². The third kappa shape index (κ3) is 4.46. The van der Waals surface area contributed by atoms with Crippen LogP contribution in [-0.4, -0.2) is 34.4 Å². The van der Waals surface area contributed by atoms with Crippen LogP contribution < -0.4 is 11.2 Å². The van der Waals surface area contributed by atoms with Crippen molar-refractivity contribution in [3.8, 4) is 0 Å². The van der Waals surface area contributed by atoms with Crippen LogP contribution in [0, 0.1) is 6.92 Å². The standard InChI is InChI=1S/C19H22ClN7O4/c1-3-4-7-26-16-15(22-18(20)23-16)17(28)27(19(26)29)8-5-6-14-21-13(25-31-14)10-12-9-11(2)30-24-12/h9H,3-8,10H2,1-2H3,(H,22,23). The lowest BCUT2D eigenvalue weighted by Gasteiger charge is -2.10. The molecule has 0 aromatic carbocycles. The van der Waals surface area contributed by atoms with Crippen LogP contribution in [0.25, 0.3) is 11.2 Å². The smallest absolute Gasteiger partial charge is 0.332 e. The van der Waals surface area contributed by atoms with Gasteiger partial charge < -0.3 is 14.0 Å². The van der Waals surface area contributed by atoms with Gasteiger partial charge in [-0.2, -0.15) is 9.97 Å². The highest BCUT2D eigenvalue weighted by Gasteiger charge is 2.17. The summed E-state index contributed by atoms with van der Waals surface area (Å²) in [4.78, 5) is 36.9. The number of halogens is 1. The molecule has 31 heavy (non-hydrogen) atoms. The Morgan fingerprint density at radius 3 is 2.65 bits per heavy atom. The van der Waals surface area contributed by atoms with Crippen molar-refractivity contribution in [2.45, 2.75) is 59.0 Å². The fraction of sp³-hybridized carbons (Fsp3) is 0.474. The fourth-order valence-electron chi connectivity index (χ4n) is 3.37. The Labute approximate surface area is 181 Å². The first kappa shape index (κ1) is 21.0. The number of aromatic amines is 1. The normalized spacial score (nSPS) is 11.6. The van der Waals surface area contributed by atoms with E-state index in [0.29, 0.717) is 43.3 Å². The summed E-state index contributed by atoms with van der Waals surface area (Å²) < 4.78 is 13.0. The minimum absolute atomic E-state index is 0.0789. The van der Waals surface area contributed by atoms with Crippen LogP contribution in [0.4, 0.5) is 0 Å². The predicted octanol–water partition coefficient (Wildman–Crippen LogP) is 2.24. The van der Waals surface area contributed by atoms with Gasteiger partial charge >= 0.3 is 5.69 Å². The van der Waals surface area contributed by atoms with E-state index in [1.807, 2.05) is 19.9 Å². The number of hydrogen-bond acceptors (Lipinski definition) is 8. The SMILES string of the molecule is CCCCn1c(=O)n(CCCc2nc(Cc3cc(C)on3)no2)c(=O)c2[nH]c(Cl)nc21. The Kier molecular flexibility index (Phi) is 6.03. The highest BCUT2D eigenvalue weighted by Crippen LogP contribution is 2.11. The number of aromatic nitrogens is 7. The second kappa shape index (κ2) is 8.88. The predicted molar refractivity (Wildman–Crippen MR) is 111 cm³/mol. The zero-order chi connectivity index (χ0) is 22.0. The second-order valence-corrected chi connectivity index (χ2v) is 7.64. The molecule has 12 heteroatoms. The molecule has 4 heterocycles. The van der Waals surface area contributed by atoms with E-state index in [9.17, 15) is 9.59 Å². The van der Waals surface area contributed by atoms with Crippen molar-refractivity contribution in [3.05, 3.63) is 55.4 Å². The molecule has 0 unspecified atom stereocenters. The van der Waals surface area contributed by atoms with E-state index in [-0.39, 0.29) is 23.0 Å². The molecule has 0 aliphatic rings. The van der Waals surface area contributed by atoms with Gasteiger partial charge in [0.2, 0.25) is 11.2 Å². The van der Waals surface area contributed by atoms with Crippen LogP contribution in [0.2, 0.25) is 5.28 Å². The van der Waals surface area contributed by atoms with Crippen molar-refractivity contribution < 1.29 is 9.05 Å². The lowest BCUT2D eigenvalue weighted by atomic mass is 10.3. The Bertz CT molecular complexity index is 1310. The fourth-order valence-corrected chi connectivity index (χ4v) is 3.54. The quantitative estimate of drug-likeness (QED) is 0.385. The van der Waals surface area contributed by atoms with Crippen LogP contribution in [0.3, 0.4) is 0 Å².